The van der Waals surface area contributed by atoms with E-state index in [1.807, 2.05) is 36.4 Å². The fourth-order valence-electron chi connectivity index (χ4n) is 3.81. The highest BCUT2D eigenvalue weighted by Gasteiger charge is 2.28. The van der Waals surface area contributed by atoms with Crippen molar-refractivity contribution in [2.45, 2.75) is 32.2 Å². The van der Waals surface area contributed by atoms with Gasteiger partial charge in [0.1, 0.15) is 11.6 Å². The lowest BCUT2D eigenvalue weighted by Crippen LogP contribution is -2.20. The largest absolute Gasteiger partial charge is 0.367 e. The zero-order valence-corrected chi connectivity index (χ0v) is 17.9. The molecule has 1 saturated carbocycles. The van der Waals surface area contributed by atoms with Crippen LogP contribution in [0.3, 0.4) is 0 Å². The first kappa shape index (κ1) is 19.6. The molecule has 2 aliphatic rings. The number of hydrogen-bond acceptors (Lipinski definition) is 5. The summed E-state index contributed by atoms with van der Waals surface area (Å²) in [6.45, 7) is 6.12. The molecule has 31 heavy (non-hydrogen) atoms. The third kappa shape index (κ3) is 4.14. The number of aromatic nitrogens is 3. The van der Waals surface area contributed by atoms with Crippen molar-refractivity contribution in [3.8, 4) is 0 Å². The van der Waals surface area contributed by atoms with E-state index in [-0.39, 0.29) is 5.91 Å². The number of nitrogens with one attached hydrogen (secondary N) is 3. The SMILES string of the molecule is C=C1NC(=O)C/C1=C\c1cnn2c(N[C@@H](C)C3CC3)cc(Nc3cccc(Cl)c3)nc12. The Morgan fingerprint density at radius 3 is 2.90 bits per heavy atom. The Labute approximate surface area is 185 Å². The Morgan fingerprint density at radius 2 is 2.19 bits per heavy atom. The molecule has 0 unspecified atom stereocenters. The Bertz CT molecular complexity index is 1230. The van der Waals surface area contributed by atoms with Gasteiger partial charge in [0.2, 0.25) is 5.91 Å². The zero-order chi connectivity index (χ0) is 21.5. The molecule has 3 aromatic rings. The lowest BCUT2D eigenvalue weighted by atomic mass is 10.1. The van der Waals surface area contributed by atoms with Crippen molar-refractivity contribution < 1.29 is 4.79 Å². The highest BCUT2D eigenvalue weighted by Crippen LogP contribution is 2.34. The minimum absolute atomic E-state index is 0.0513. The minimum atomic E-state index is -0.0513. The molecule has 2 aromatic heterocycles. The third-order valence-corrected chi connectivity index (χ3v) is 5.89. The molecule has 0 bridgehead atoms. The molecule has 2 fully saturated rings. The number of hydrogen-bond donors (Lipinski definition) is 3. The van der Waals surface area contributed by atoms with Crippen LogP contribution in [0.25, 0.3) is 11.7 Å². The van der Waals surface area contributed by atoms with Gasteiger partial charge >= 0.3 is 0 Å². The van der Waals surface area contributed by atoms with Crippen LogP contribution in [-0.2, 0) is 4.79 Å². The number of fused-ring (bicyclic) bond motifs is 1. The van der Waals surface area contributed by atoms with Crippen LogP contribution >= 0.6 is 11.6 Å². The number of benzene rings is 1. The molecular formula is C23H23ClN6O. The average molecular weight is 435 g/mol. The highest BCUT2D eigenvalue weighted by molar-refractivity contribution is 6.30. The van der Waals surface area contributed by atoms with Gasteiger partial charge in [-0.3, -0.25) is 4.79 Å². The first-order chi connectivity index (χ1) is 15.0. The Morgan fingerprint density at radius 1 is 1.35 bits per heavy atom. The van der Waals surface area contributed by atoms with Crippen molar-refractivity contribution in [1.82, 2.24) is 19.9 Å². The smallest absolute Gasteiger partial charge is 0.228 e. The van der Waals surface area contributed by atoms with Gasteiger partial charge in [-0.1, -0.05) is 24.2 Å². The summed E-state index contributed by atoms with van der Waals surface area (Å²) in [6, 6.07) is 9.81. The van der Waals surface area contributed by atoms with Crippen LogP contribution in [0.1, 0.15) is 31.7 Å². The second kappa shape index (κ2) is 7.74. The van der Waals surface area contributed by atoms with Crippen LogP contribution < -0.4 is 16.0 Å². The fraction of sp³-hybridized carbons (Fsp3) is 0.261. The van der Waals surface area contributed by atoms with E-state index in [2.05, 4.69) is 34.6 Å². The predicted octanol–water partition coefficient (Wildman–Crippen LogP) is 4.75. The van der Waals surface area contributed by atoms with Gasteiger partial charge in [-0.2, -0.15) is 9.61 Å². The number of anilines is 3. The molecule has 1 aliphatic carbocycles. The van der Waals surface area contributed by atoms with Crippen LogP contribution in [0.4, 0.5) is 17.3 Å². The Kier molecular flexibility index (Phi) is 4.90. The molecule has 0 spiro atoms. The molecule has 8 heteroatoms. The lowest BCUT2D eigenvalue weighted by Gasteiger charge is -2.17. The molecule has 1 aromatic carbocycles. The van der Waals surface area contributed by atoms with E-state index in [4.69, 9.17) is 16.6 Å². The summed E-state index contributed by atoms with van der Waals surface area (Å²) in [5.74, 6) is 2.17. The van der Waals surface area contributed by atoms with Crippen molar-refractivity contribution in [2.75, 3.05) is 10.6 Å². The van der Waals surface area contributed by atoms with Gasteiger partial charge in [0.25, 0.3) is 0 Å². The number of amides is 1. The maximum atomic E-state index is 11.7. The second-order valence-corrected chi connectivity index (χ2v) is 8.58. The Hall–Kier alpha value is -3.32. The van der Waals surface area contributed by atoms with Crippen LogP contribution in [0.2, 0.25) is 5.02 Å². The molecule has 1 aliphatic heterocycles. The monoisotopic (exact) mass is 434 g/mol. The minimum Gasteiger partial charge on any atom is -0.367 e. The summed E-state index contributed by atoms with van der Waals surface area (Å²) in [5.41, 5.74) is 3.83. The quantitative estimate of drug-likeness (QED) is 0.521. The molecule has 3 heterocycles. The predicted molar refractivity (Wildman–Crippen MR) is 123 cm³/mol. The number of rotatable bonds is 6. The van der Waals surface area contributed by atoms with Gasteiger partial charge in [0, 0.05) is 34.1 Å². The molecule has 7 nitrogen and oxygen atoms in total. The van der Waals surface area contributed by atoms with Crippen LogP contribution in [0, 0.1) is 5.92 Å². The normalized spacial score (nSPS) is 18.5. The first-order valence-electron chi connectivity index (χ1n) is 10.3. The van der Waals surface area contributed by atoms with Crippen LogP contribution in [-0.4, -0.2) is 26.5 Å². The topological polar surface area (TPSA) is 83.4 Å². The van der Waals surface area contributed by atoms with E-state index >= 15 is 0 Å². The van der Waals surface area contributed by atoms with E-state index in [1.54, 1.807) is 10.7 Å². The van der Waals surface area contributed by atoms with Crippen LogP contribution in [0.15, 0.2) is 54.4 Å². The molecule has 1 amide bonds. The van der Waals surface area contributed by atoms with Gasteiger partial charge in [0.05, 0.1) is 12.6 Å². The van der Waals surface area contributed by atoms with Crippen molar-refractivity contribution >= 4 is 46.6 Å². The van der Waals surface area contributed by atoms with E-state index < -0.39 is 0 Å². The number of carbonyl (C=O) groups excluding carboxylic acids is 1. The van der Waals surface area contributed by atoms with Gasteiger partial charge in [-0.25, -0.2) is 4.98 Å². The summed E-state index contributed by atoms with van der Waals surface area (Å²) in [6.07, 6.45) is 6.49. The first-order valence-corrected chi connectivity index (χ1v) is 10.7. The molecule has 158 valence electrons. The standard InChI is InChI=1S/C23H23ClN6O/c1-13(15-6-7-15)26-21-11-20(28-19-5-3-4-18(24)10-19)29-23-17(12-25-30(21)23)8-16-9-22(31)27-14(16)2/h3-5,8,10-13,15,26H,2,6-7,9H2,1H3,(H,27,31)(H,28,29)/b16-8+/t13-/m0/s1. The van der Waals surface area contributed by atoms with E-state index in [0.29, 0.717) is 40.6 Å². The molecule has 1 saturated heterocycles. The van der Waals surface area contributed by atoms with E-state index in [0.717, 1.165) is 22.6 Å². The molecular weight excluding hydrogens is 412 g/mol. The van der Waals surface area contributed by atoms with Gasteiger partial charge in [-0.15, -0.1) is 0 Å². The summed E-state index contributed by atoms with van der Waals surface area (Å²) in [5, 5.41) is 14.9. The van der Waals surface area contributed by atoms with Crippen molar-refractivity contribution in [2.24, 2.45) is 5.92 Å². The molecule has 5 rings (SSSR count). The van der Waals surface area contributed by atoms with Gasteiger partial charge in [-0.05, 0) is 55.5 Å². The Balaban J connectivity index is 1.57. The van der Waals surface area contributed by atoms with Gasteiger partial charge < -0.3 is 16.0 Å². The van der Waals surface area contributed by atoms with Crippen molar-refractivity contribution in [3.63, 3.8) is 0 Å². The summed E-state index contributed by atoms with van der Waals surface area (Å²) in [4.78, 5) is 16.5. The van der Waals surface area contributed by atoms with Crippen molar-refractivity contribution in [1.29, 1.82) is 0 Å². The number of allylic oxidation sites excluding steroid dienone is 1. The lowest BCUT2D eigenvalue weighted by molar-refractivity contribution is -0.118. The maximum Gasteiger partial charge on any atom is 0.228 e. The number of carbonyl (C=O) groups is 1. The maximum absolute atomic E-state index is 11.7. The zero-order valence-electron chi connectivity index (χ0n) is 17.2. The molecule has 0 radical (unpaired) electrons. The second-order valence-electron chi connectivity index (χ2n) is 8.14. The summed E-state index contributed by atoms with van der Waals surface area (Å²) < 4.78 is 1.81. The number of nitrogens with zero attached hydrogens (tertiary/aromatic N) is 3. The molecule has 1 atom stereocenters. The summed E-state index contributed by atoms with van der Waals surface area (Å²) in [7, 11) is 0. The number of halogens is 1. The van der Waals surface area contributed by atoms with E-state index in [9.17, 15) is 4.79 Å². The van der Waals surface area contributed by atoms with Crippen LogP contribution in [0.5, 0.6) is 0 Å². The highest BCUT2D eigenvalue weighted by atomic mass is 35.5. The fourth-order valence-corrected chi connectivity index (χ4v) is 4.00. The third-order valence-electron chi connectivity index (χ3n) is 5.66. The molecule has 3 N–H and O–H groups in total. The van der Waals surface area contributed by atoms with Gasteiger partial charge in [0.15, 0.2) is 5.65 Å². The summed E-state index contributed by atoms with van der Waals surface area (Å²) >= 11 is 6.14. The average Bonchev–Trinajstić information content (AvgIpc) is 3.42. The van der Waals surface area contributed by atoms with E-state index in [1.165, 1.54) is 12.8 Å². The van der Waals surface area contributed by atoms with Crippen molar-refractivity contribution in [3.05, 3.63) is 65.0 Å².